The Morgan fingerprint density at radius 2 is 2.10 bits per heavy atom. The van der Waals surface area contributed by atoms with Crippen LogP contribution < -0.4 is 10.6 Å². The lowest BCUT2D eigenvalue weighted by atomic mass is 10.0. The zero-order chi connectivity index (χ0) is 15.1. The van der Waals surface area contributed by atoms with Crippen LogP contribution in [0.4, 0.5) is 10.1 Å². The normalized spacial score (nSPS) is 22.8. The quantitative estimate of drug-likeness (QED) is 0.924. The van der Waals surface area contributed by atoms with Gasteiger partial charge in [0.1, 0.15) is 5.82 Å². The van der Waals surface area contributed by atoms with Crippen molar-refractivity contribution in [1.29, 1.82) is 0 Å². The SMILES string of the molecule is Cc1cc(N(C)C2CCS(=O)(=O)C2)c([C@H](C)N)cc1F. The fourth-order valence-corrected chi connectivity index (χ4v) is 4.40. The molecule has 0 aliphatic carbocycles. The summed E-state index contributed by atoms with van der Waals surface area (Å²) in [4.78, 5) is 1.93. The van der Waals surface area contributed by atoms with Crippen molar-refractivity contribution in [2.75, 3.05) is 23.5 Å². The molecule has 1 unspecified atom stereocenters. The van der Waals surface area contributed by atoms with E-state index in [0.29, 0.717) is 17.5 Å². The molecule has 4 nitrogen and oxygen atoms in total. The third kappa shape index (κ3) is 2.96. The molecule has 112 valence electrons. The van der Waals surface area contributed by atoms with E-state index < -0.39 is 9.84 Å². The second-order valence-corrected chi connectivity index (χ2v) is 7.85. The van der Waals surface area contributed by atoms with Gasteiger partial charge in [-0.15, -0.1) is 0 Å². The Balaban J connectivity index is 2.39. The Labute approximate surface area is 119 Å². The van der Waals surface area contributed by atoms with Crippen LogP contribution in [-0.2, 0) is 9.84 Å². The van der Waals surface area contributed by atoms with E-state index in [1.807, 2.05) is 11.9 Å². The van der Waals surface area contributed by atoms with Crippen LogP contribution >= 0.6 is 0 Å². The Bertz CT molecular complexity index is 614. The lowest BCUT2D eigenvalue weighted by Crippen LogP contribution is -2.34. The van der Waals surface area contributed by atoms with E-state index in [9.17, 15) is 12.8 Å². The van der Waals surface area contributed by atoms with Gasteiger partial charge < -0.3 is 10.6 Å². The second-order valence-electron chi connectivity index (χ2n) is 5.62. The number of halogens is 1. The highest BCUT2D eigenvalue weighted by Crippen LogP contribution is 2.31. The molecule has 20 heavy (non-hydrogen) atoms. The number of aryl methyl sites for hydroxylation is 1. The first-order valence-corrected chi connectivity index (χ1v) is 8.52. The number of nitrogens with zero attached hydrogens (tertiary/aromatic N) is 1. The molecule has 1 fully saturated rings. The van der Waals surface area contributed by atoms with Crippen molar-refractivity contribution in [2.45, 2.75) is 32.4 Å². The molecule has 2 atom stereocenters. The highest BCUT2D eigenvalue weighted by molar-refractivity contribution is 7.91. The summed E-state index contributed by atoms with van der Waals surface area (Å²) in [7, 11) is -1.10. The van der Waals surface area contributed by atoms with E-state index in [1.54, 1.807) is 19.9 Å². The van der Waals surface area contributed by atoms with Gasteiger partial charge in [0, 0.05) is 24.8 Å². The van der Waals surface area contributed by atoms with Crippen LogP contribution in [0.3, 0.4) is 0 Å². The fraction of sp³-hybridized carbons (Fsp3) is 0.571. The molecule has 1 aromatic carbocycles. The number of sulfone groups is 1. The number of hydrogen-bond donors (Lipinski definition) is 1. The molecule has 0 saturated carbocycles. The lowest BCUT2D eigenvalue weighted by molar-refractivity contribution is 0.600. The smallest absolute Gasteiger partial charge is 0.152 e. The summed E-state index contributed by atoms with van der Waals surface area (Å²) >= 11 is 0. The van der Waals surface area contributed by atoms with Crippen LogP contribution in [0.1, 0.15) is 30.5 Å². The Kier molecular flexibility index (Phi) is 4.07. The summed E-state index contributed by atoms with van der Waals surface area (Å²) in [6.45, 7) is 3.50. The number of nitrogens with two attached hydrogens (primary N) is 1. The largest absolute Gasteiger partial charge is 0.370 e. The third-order valence-corrected chi connectivity index (χ3v) is 5.68. The van der Waals surface area contributed by atoms with Gasteiger partial charge in [-0.25, -0.2) is 12.8 Å². The summed E-state index contributed by atoms with van der Waals surface area (Å²) in [5.41, 5.74) is 7.98. The molecule has 6 heteroatoms. The Hall–Kier alpha value is -1.14. The zero-order valence-electron chi connectivity index (χ0n) is 12.1. The molecule has 0 amide bonds. The minimum absolute atomic E-state index is 0.0673. The summed E-state index contributed by atoms with van der Waals surface area (Å²) in [5, 5.41) is 0. The topological polar surface area (TPSA) is 63.4 Å². The van der Waals surface area contributed by atoms with Crippen molar-refractivity contribution in [3.63, 3.8) is 0 Å². The number of hydrogen-bond acceptors (Lipinski definition) is 4. The van der Waals surface area contributed by atoms with Crippen molar-refractivity contribution < 1.29 is 12.8 Å². The Morgan fingerprint density at radius 1 is 1.45 bits per heavy atom. The Morgan fingerprint density at radius 3 is 2.60 bits per heavy atom. The molecule has 0 spiro atoms. The van der Waals surface area contributed by atoms with Crippen molar-refractivity contribution in [3.8, 4) is 0 Å². The molecule has 2 N–H and O–H groups in total. The van der Waals surface area contributed by atoms with Gasteiger partial charge in [-0.05, 0) is 43.5 Å². The van der Waals surface area contributed by atoms with Crippen molar-refractivity contribution in [1.82, 2.24) is 0 Å². The molecule has 2 rings (SSSR count). The van der Waals surface area contributed by atoms with Gasteiger partial charge in [0.15, 0.2) is 9.84 Å². The molecule has 1 heterocycles. The average Bonchev–Trinajstić information content (AvgIpc) is 2.71. The maximum atomic E-state index is 13.7. The van der Waals surface area contributed by atoms with E-state index in [4.69, 9.17) is 5.73 Å². The molecule has 0 radical (unpaired) electrons. The molecule has 1 aromatic rings. The van der Waals surface area contributed by atoms with Crippen LogP contribution in [0.25, 0.3) is 0 Å². The van der Waals surface area contributed by atoms with Crippen LogP contribution in [0.5, 0.6) is 0 Å². The highest BCUT2D eigenvalue weighted by Gasteiger charge is 2.32. The van der Waals surface area contributed by atoms with E-state index in [-0.39, 0.29) is 29.4 Å². The third-order valence-electron chi connectivity index (χ3n) is 3.93. The lowest BCUT2D eigenvalue weighted by Gasteiger charge is -2.29. The first kappa shape index (κ1) is 15.3. The fourth-order valence-electron chi connectivity index (χ4n) is 2.63. The second kappa shape index (κ2) is 5.33. The summed E-state index contributed by atoms with van der Waals surface area (Å²) in [5.74, 6) is 0.0853. The predicted molar refractivity (Wildman–Crippen MR) is 79.2 cm³/mol. The van der Waals surface area contributed by atoms with Gasteiger partial charge in [0.2, 0.25) is 0 Å². The molecular formula is C14H21FN2O2S. The highest BCUT2D eigenvalue weighted by atomic mass is 32.2. The maximum absolute atomic E-state index is 13.7. The van der Waals surface area contributed by atoms with Crippen molar-refractivity contribution >= 4 is 15.5 Å². The first-order valence-electron chi connectivity index (χ1n) is 6.70. The van der Waals surface area contributed by atoms with Crippen LogP contribution in [0.2, 0.25) is 0 Å². The average molecular weight is 300 g/mol. The minimum Gasteiger partial charge on any atom is -0.370 e. The van der Waals surface area contributed by atoms with Gasteiger partial charge in [-0.2, -0.15) is 0 Å². The number of anilines is 1. The van der Waals surface area contributed by atoms with E-state index in [0.717, 1.165) is 5.69 Å². The van der Waals surface area contributed by atoms with Crippen molar-refractivity contribution in [2.24, 2.45) is 5.73 Å². The molecule has 1 saturated heterocycles. The van der Waals surface area contributed by atoms with E-state index in [1.165, 1.54) is 6.07 Å². The van der Waals surface area contributed by atoms with Crippen LogP contribution in [0, 0.1) is 12.7 Å². The van der Waals surface area contributed by atoms with Crippen molar-refractivity contribution in [3.05, 3.63) is 29.1 Å². The van der Waals surface area contributed by atoms with Crippen LogP contribution in [0.15, 0.2) is 12.1 Å². The first-order chi connectivity index (χ1) is 9.21. The molecule has 0 bridgehead atoms. The summed E-state index contributed by atoms with van der Waals surface area (Å²) in [6.07, 6.45) is 0.605. The molecule has 0 aromatic heterocycles. The van der Waals surface area contributed by atoms with Gasteiger partial charge in [-0.3, -0.25) is 0 Å². The van der Waals surface area contributed by atoms with Gasteiger partial charge in [0.05, 0.1) is 11.5 Å². The number of benzene rings is 1. The maximum Gasteiger partial charge on any atom is 0.152 e. The predicted octanol–water partition coefficient (Wildman–Crippen LogP) is 1.78. The van der Waals surface area contributed by atoms with E-state index >= 15 is 0 Å². The standard InChI is InChI=1S/C14H21FN2O2S/c1-9-6-14(12(10(2)16)7-13(9)15)17(3)11-4-5-20(18,19)8-11/h6-7,10-11H,4-5,8,16H2,1-3H3/t10-,11?/m0/s1. The number of rotatable bonds is 3. The minimum atomic E-state index is -2.95. The summed E-state index contributed by atoms with van der Waals surface area (Å²) < 4.78 is 36.9. The molecular weight excluding hydrogens is 279 g/mol. The molecule has 1 aliphatic heterocycles. The zero-order valence-corrected chi connectivity index (χ0v) is 12.9. The van der Waals surface area contributed by atoms with Gasteiger partial charge in [-0.1, -0.05) is 0 Å². The van der Waals surface area contributed by atoms with Gasteiger partial charge in [0.25, 0.3) is 0 Å². The van der Waals surface area contributed by atoms with Crippen LogP contribution in [-0.4, -0.2) is 33.0 Å². The molecule has 1 aliphatic rings. The monoisotopic (exact) mass is 300 g/mol. The summed E-state index contributed by atoms with van der Waals surface area (Å²) in [6, 6.07) is 2.83. The van der Waals surface area contributed by atoms with Gasteiger partial charge >= 0.3 is 0 Å². The van der Waals surface area contributed by atoms with E-state index in [2.05, 4.69) is 0 Å².